The summed E-state index contributed by atoms with van der Waals surface area (Å²) in [5.74, 6) is -0.630. The number of halogens is 2. The highest BCUT2D eigenvalue weighted by Gasteiger charge is 2.18. The number of rotatable bonds is 4. The van der Waals surface area contributed by atoms with Crippen LogP contribution in [-0.4, -0.2) is 15.8 Å². The highest BCUT2D eigenvalue weighted by molar-refractivity contribution is 6.30. The molecule has 0 aliphatic heterocycles. The lowest BCUT2D eigenvalue weighted by atomic mass is 10.1. The van der Waals surface area contributed by atoms with Gasteiger partial charge in [0.1, 0.15) is 5.15 Å². The minimum Gasteiger partial charge on any atom is -0.305 e. The van der Waals surface area contributed by atoms with Crippen LogP contribution in [0.25, 0.3) is 0 Å². The Balaban J connectivity index is 2.16. The summed E-state index contributed by atoms with van der Waals surface area (Å²) in [6, 6.07) is 9.24. The predicted molar refractivity (Wildman–Crippen MR) is 79.7 cm³/mol. The Morgan fingerprint density at radius 1 is 1.29 bits per heavy atom. The molecule has 6 nitrogen and oxygen atoms in total. The quantitative estimate of drug-likeness (QED) is 0.529. The maximum Gasteiger partial charge on any atom is 0.311 e. The number of carbonyl (C=O) groups is 1. The van der Waals surface area contributed by atoms with E-state index in [0.717, 1.165) is 0 Å². The first-order chi connectivity index (χ1) is 9.95. The van der Waals surface area contributed by atoms with E-state index in [1.54, 1.807) is 24.3 Å². The zero-order valence-electron chi connectivity index (χ0n) is 10.5. The van der Waals surface area contributed by atoms with E-state index in [9.17, 15) is 14.9 Å². The zero-order valence-corrected chi connectivity index (χ0v) is 12.1. The SMILES string of the molecule is O=C(Cc1cccc(Cl)c1)Nc1nc(Cl)ccc1[N+](=O)[O-]. The number of nitro groups is 1. The van der Waals surface area contributed by atoms with Gasteiger partial charge in [-0.3, -0.25) is 14.9 Å². The van der Waals surface area contributed by atoms with E-state index in [1.165, 1.54) is 12.1 Å². The van der Waals surface area contributed by atoms with Gasteiger partial charge in [-0.2, -0.15) is 0 Å². The normalized spacial score (nSPS) is 10.2. The number of benzene rings is 1. The Labute approximate surface area is 129 Å². The number of nitrogens with zero attached hydrogens (tertiary/aromatic N) is 2. The van der Waals surface area contributed by atoms with Crippen molar-refractivity contribution in [3.05, 3.63) is 62.3 Å². The molecule has 1 heterocycles. The van der Waals surface area contributed by atoms with Crippen LogP contribution in [0, 0.1) is 10.1 Å². The molecule has 1 aromatic heterocycles. The highest BCUT2D eigenvalue weighted by Crippen LogP contribution is 2.24. The summed E-state index contributed by atoms with van der Waals surface area (Å²) in [5, 5.41) is 13.8. The molecule has 0 spiro atoms. The molecule has 2 rings (SSSR count). The van der Waals surface area contributed by atoms with Crippen molar-refractivity contribution in [2.45, 2.75) is 6.42 Å². The number of amides is 1. The van der Waals surface area contributed by atoms with Gasteiger partial charge in [0, 0.05) is 11.1 Å². The first-order valence-corrected chi connectivity index (χ1v) is 6.56. The van der Waals surface area contributed by atoms with Crippen LogP contribution in [0.15, 0.2) is 36.4 Å². The molecule has 1 amide bonds. The maximum atomic E-state index is 11.9. The summed E-state index contributed by atoms with van der Waals surface area (Å²) in [6.45, 7) is 0. The van der Waals surface area contributed by atoms with Gasteiger partial charge in [0.15, 0.2) is 0 Å². The Kier molecular flexibility index (Phi) is 4.72. The fourth-order valence-corrected chi connectivity index (χ4v) is 2.04. The Bertz CT molecular complexity index is 707. The number of hydrogen-bond acceptors (Lipinski definition) is 4. The van der Waals surface area contributed by atoms with Gasteiger partial charge < -0.3 is 5.32 Å². The molecule has 0 unspecified atom stereocenters. The van der Waals surface area contributed by atoms with Gasteiger partial charge in [0.2, 0.25) is 11.7 Å². The average Bonchev–Trinajstić information content (AvgIpc) is 2.38. The molecule has 2 aromatic rings. The third-order valence-electron chi connectivity index (χ3n) is 2.55. The minimum atomic E-state index is -0.641. The lowest BCUT2D eigenvalue weighted by Gasteiger charge is -2.06. The van der Waals surface area contributed by atoms with E-state index in [-0.39, 0.29) is 23.1 Å². The lowest BCUT2D eigenvalue weighted by Crippen LogP contribution is -2.16. The van der Waals surface area contributed by atoms with Crippen LogP contribution in [0.1, 0.15) is 5.56 Å². The van der Waals surface area contributed by atoms with Gasteiger partial charge in [0.05, 0.1) is 11.3 Å². The van der Waals surface area contributed by atoms with Crippen LogP contribution in [-0.2, 0) is 11.2 Å². The fourth-order valence-electron chi connectivity index (χ4n) is 1.68. The molecule has 0 fully saturated rings. The summed E-state index contributed by atoms with van der Waals surface area (Å²) in [5.41, 5.74) is 0.364. The molecule has 8 heteroatoms. The molecule has 21 heavy (non-hydrogen) atoms. The third kappa shape index (κ3) is 4.14. The second kappa shape index (κ2) is 6.51. The van der Waals surface area contributed by atoms with Crippen LogP contribution in [0.3, 0.4) is 0 Å². The molecule has 0 atom stereocenters. The van der Waals surface area contributed by atoms with E-state index in [4.69, 9.17) is 23.2 Å². The molecule has 1 aromatic carbocycles. The smallest absolute Gasteiger partial charge is 0.305 e. The Hall–Kier alpha value is -2.18. The van der Waals surface area contributed by atoms with Crippen molar-refractivity contribution >= 4 is 40.6 Å². The third-order valence-corrected chi connectivity index (χ3v) is 2.99. The molecule has 0 saturated carbocycles. The number of hydrogen-bond donors (Lipinski definition) is 1. The van der Waals surface area contributed by atoms with Crippen molar-refractivity contribution in [3.63, 3.8) is 0 Å². The van der Waals surface area contributed by atoms with E-state index in [1.807, 2.05) is 0 Å². The summed E-state index contributed by atoms with van der Waals surface area (Å²) in [6.07, 6.45) is 0.0197. The fraction of sp³-hybridized carbons (Fsp3) is 0.0769. The van der Waals surface area contributed by atoms with E-state index >= 15 is 0 Å². The second-order valence-electron chi connectivity index (χ2n) is 4.11. The van der Waals surface area contributed by atoms with Crippen molar-refractivity contribution in [1.29, 1.82) is 0 Å². The van der Waals surface area contributed by atoms with Crippen molar-refractivity contribution < 1.29 is 9.72 Å². The molecule has 1 N–H and O–H groups in total. The number of carbonyl (C=O) groups excluding carboxylic acids is 1. The molecule has 0 aliphatic carbocycles. The standard InChI is InChI=1S/C13H9Cl2N3O3/c14-9-3-1-2-8(6-9)7-12(19)17-13-10(18(20)21)4-5-11(15)16-13/h1-6H,7H2,(H,16,17,19). The van der Waals surface area contributed by atoms with Gasteiger partial charge in [-0.05, 0) is 23.8 Å². The first kappa shape index (κ1) is 15.2. The first-order valence-electron chi connectivity index (χ1n) is 5.81. The Morgan fingerprint density at radius 2 is 2.05 bits per heavy atom. The largest absolute Gasteiger partial charge is 0.311 e. The van der Waals surface area contributed by atoms with Gasteiger partial charge >= 0.3 is 5.69 Å². The predicted octanol–water partition coefficient (Wildman–Crippen LogP) is 3.48. The number of anilines is 1. The van der Waals surface area contributed by atoms with Crippen molar-refractivity contribution in [3.8, 4) is 0 Å². The molecule has 0 bridgehead atoms. The number of nitrogens with one attached hydrogen (secondary N) is 1. The molecule has 0 aliphatic rings. The van der Waals surface area contributed by atoms with Crippen molar-refractivity contribution in [1.82, 2.24) is 4.98 Å². The molecule has 0 saturated heterocycles. The highest BCUT2D eigenvalue weighted by atomic mass is 35.5. The summed E-state index contributed by atoms with van der Waals surface area (Å²) < 4.78 is 0. The van der Waals surface area contributed by atoms with Gasteiger partial charge in [-0.15, -0.1) is 0 Å². The van der Waals surface area contributed by atoms with Crippen LogP contribution in [0.5, 0.6) is 0 Å². The Morgan fingerprint density at radius 3 is 2.71 bits per heavy atom. The van der Waals surface area contributed by atoms with E-state index in [2.05, 4.69) is 10.3 Å². The van der Waals surface area contributed by atoms with Gasteiger partial charge in [-0.25, -0.2) is 4.98 Å². The second-order valence-corrected chi connectivity index (χ2v) is 4.94. The number of aromatic nitrogens is 1. The minimum absolute atomic E-state index is 0.0197. The monoisotopic (exact) mass is 325 g/mol. The van der Waals surface area contributed by atoms with E-state index < -0.39 is 10.8 Å². The molecular weight excluding hydrogens is 317 g/mol. The van der Waals surface area contributed by atoms with E-state index in [0.29, 0.717) is 10.6 Å². The maximum absolute atomic E-state index is 11.9. The summed E-state index contributed by atoms with van der Waals surface area (Å²) in [4.78, 5) is 25.9. The van der Waals surface area contributed by atoms with Crippen LogP contribution >= 0.6 is 23.2 Å². The molecule has 108 valence electrons. The molecule has 0 radical (unpaired) electrons. The van der Waals surface area contributed by atoms with Crippen LogP contribution in [0.4, 0.5) is 11.5 Å². The van der Waals surface area contributed by atoms with Crippen LogP contribution < -0.4 is 5.32 Å². The lowest BCUT2D eigenvalue weighted by molar-refractivity contribution is -0.384. The average molecular weight is 326 g/mol. The van der Waals surface area contributed by atoms with Crippen LogP contribution in [0.2, 0.25) is 10.2 Å². The van der Waals surface area contributed by atoms with Gasteiger partial charge in [0.25, 0.3) is 0 Å². The van der Waals surface area contributed by atoms with Crippen molar-refractivity contribution in [2.24, 2.45) is 0 Å². The zero-order chi connectivity index (χ0) is 15.4. The van der Waals surface area contributed by atoms with Crippen molar-refractivity contribution in [2.75, 3.05) is 5.32 Å². The summed E-state index contributed by atoms with van der Waals surface area (Å²) >= 11 is 11.5. The number of pyridine rings is 1. The summed E-state index contributed by atoms with van der Waals surface area (Å²) in [7, 11) is 0. The van der Waals surface area contributed by atoms with Gasteiger partial charge in [-0.1, -0.05) is 35.3 Å². The molecular formula is C13H9Cl2N3O3. The topological polar surface area (TPSA) is 85.1 Å².